The van der Waals surface area contributed by atoms with Gasteiger partial charge in [0.15, 0.2) is 0 Å². The van der Waals surface area contributed by atoms with E-state index in [2.05, 4.69) is 27.9 Å². The van der Waals surface area contributed by atoms with Crippen LogP contribution in [0.4, 0.5) is 5.82 Å². The van der Waals surface area contributed by atoms with Crippen molar-refractivity contribution in [3.05, 3.63) is 23.7 Å². The number of β-amino-alcohol motifs (C(OH)–C–C–N with tert-alkyl or cyclic N) is 1. The van der Waals surface area contributed by atoms with Crippen LogP contribution in [0.15, 0.2) is 12.4 Å². The Balaban J connectivity index is 1.68. The van der Waals surface area contributed by atoms with Crippen molar-refractivity contribution in [2.75, 3.05) is 25.4 Å². The van der Waals surface area contributed by atoms with Gasteiger partial charge in [-0.2, -0.15) is 0 Å². The van der Waals surface area contributed by atoms with E-state index in [0.29, 0.717) is 11.7 Å². The molecule has 3 N–H and O–H groups in total. The first-order chi connectivity index (χ1) is 9.69. The molecule has 0 amide bonds. The van der Waals surface area contributed by atoms with Gasteiger partial charge in [0.1, 0.15) is 12.1 Å². The molecule has 0 bridgehead atoms. The fourth-order valence-electron chi connectivity index (χ4n) is 3.33. The average molecular weight is 274 g/mol. The number of aliphatic hydroxyl groups is 1. The zero-order valence-electron chi connectivity index (χ0n) is 11.9. The lowest BCUT2D eigenvalue weighted by Gasteiger charge is -2.16. The summed E-state index contributed by atoms with van der Waals surface area (Å²) >= 11 is 0. The third-order valence-electron chi connectivity index (χ3n) is 4.37. The van der Waals surface area contributed by atoms with Crippen molar-refractivity contribution in [2.24, 2.45) is 5.92 Å². The summed E-state index contributed by atoms with van der Waals surface area (Å²) < 4.78 is 0. The second-order valence-corrected chi connectivity index (χ2v) is 5.83. The van der Waals surface area contributed by atoms with Crippen LogP contribution in [0.25, 0.3) is 5.57 Å². The Labute approximate surface area is 119 Å². The minimum Gasteiger partial charge on any atom is -0.391 e. The molecule has 1 aromatic rings. The number of nitrogens with two attached hydrogens (primary N) is 1. The van der Waals surface area contributed by atoms with Crippen LogP contribution in [-0.2, 0) is 6.42 Å². The molecule has 0 aromatic carbocycles. The summed E-state index contributed by atoms with van der Waals surface area (Å²) in [6.45, 7) is 4.76. The Bertz CT molecular complexity index is 529. The minimum absolute atomic E-state index is 0.188. The van der Waals surface area contributed by atoms with Crippen LogP contribution >= 0.6 is 0 Å². The molecule has 1 aliphatic carbocycles. The van der Waals surface area contributed by atoms with E-state index in [1.165, 1.54) is 11.9 Å². The van der Waals surface area contributed by atoms with E-state index in [4.69, 9.17) is 5.73 Å². The molecule has 108 valence electrons. The normalized spacial score (nSPS) is 25.8. The second-order valence-electron chi connectivity index (χ2n) is 5.83. The number of likely N-dealkylation sites (tertiary alicyclic amines) is 1. The van der Waals surface area contributed by atoms with Crippen LogP contribution in [0.3, 0.4) is 0 Å². The van der Waals surface area contributed by atoms with Gasteiger partial charge in [-0.3, -0.25) is 4.90 Å². The molecule has 1 saturated heterocycles. The third-order valence-corrected chi connectivity index (χ3v) is 4.37. The van der Waals surface area contributed by atoms with Crippen molar-refractivity contribution in [3.8, 4) is 0 Å². The highest BCUT2D eigenvalue weighted by Gasteiger charge is 2.31. The number of nitrogen functional groups attached to an aromatic ring is 1. The third kappa shape index (κ3) is 2.43. The molecule has 1 fully saturated rings. The predicted octanol–water partition coefficient (Wildman–Crippen LogP) is 1.09. The molecule has 3 rings (SSSR count). The number of nitrogens with zero attached hydrogens (tertiary/aromatic N) is 3. The van der Waals surface area contributed by atoms with E-state index in [0.717, 1.165) is 50.2 Å². The van der Waals surface area contributed by atoms with Gasteiger partial charge in [0.05, 0.1) is 11.8 Å². The zero-order chi connectivity index (χ0) is 14.1. The van der Waals surface area contributed by atoms with E-state index in [9.17, 15) is 5.11 Å². The highest BCUT2D eigenvalue weighted by Crippen LogP contribution is 2.30. The summed E-state index contributed by atoms with van der Waals surface area (Å²) in [5.41, 5.74) is 9.15. The largest absolute Gasteiger partial charge is 0.391 e. The van der Waals surface area contributed by atoms with Gasteiger partial charge in [0.2, 0.25) is 0 Å². The average Bonchev–Trinajstić information content (AvgIpc) is 2.97. The maximum Gasteiger partial charge on any atom is 0.130 e. The van der Waals surface area contributed by atoms with Crippen LogP contribution in [0.2, 0.25) is 0 Å². The number of hydrogen-bond donors (Lipinski definition) is 2. The zero-order valence-corrected chi connectivity index (χ0v) is 11.9. The van der Waals surface area contributed by atoms with Gasteiger partial charge in [-0.05, 0) is 24.3 Å². The quantitative estimate of drug-likeness (QED) is 0.859. The molecule has 0 spiro atoms. The fourth-order valence-corrected chi connectivity index (χ4v) is 3.33. The van der Waals surface area contributed by atoms with E-state index in [1.807, 2.05) is 0 Å². The molecular weight excluding hydrogens is 252 g/mol. The van der Waals surface area contributed by atoms with Crippen LogP contribution in [0.5, 0.6) is 0 Å². The number of aliphatic hydroxyl groups excluding tert-OH is 1. The standard InChI is InChI=1S/C15H22N4O/c1-2-3-10-6-19(8-13(10)20)7-11-4-5-12-14(11)17-9-18-15(12)16/h4,9-10,13,20H,2-3,5-8H2,1H3,(H2,16,17,18)/t10-,13?/m0/s1. The van der Waals surface area contributed by atoms with Crippen LogP contribution in [0, 0.1) is 5.92 Å². The lowest BCUT2D eigenvalue weighted by atomic mass is 10.0. The van der Waals surface area contributed by atoms with Crippen LogP contribution in [0.1, 0.15) is 31.0 Å². The van der Waals surface area contributed by atoms with Gasteiger partial charge in [-0.15, -0.1) is 0 Å². The molecular formula is C15H22N4O. The Morgan fingerprint density at radius 3 is 3.05 bits per heavy atom. The molecule has 1 unspecified atom stereocenters. The lowest BCUT2D eigenvalue weighted by molar-refractivity contribution is 0.138. The molecule has 1 aromatic heterocycles. The molecule has 2 aliphatic rings. The van der Waals surface area contributed by atoms with Crippen molar-refractivity contribution >= 4 is 11.4 Å². The molecule has 20 heavy (non-hydrogen) atoms. The molecule has 5 heteroatoms. The Kier molecular flexibility index (Phi) is 3.72. The van der Waals surface area contributed by atoms with Crippen molar-refractivity contribution in [1.29, 1.82) is 0 Å². The first-order valence-electron chi connectivity index (χ1n) is 7.38. The Hall–Kier alpha value is -1.46. The predicted molar refractivity (Wildman–Crippen MR) is 79.0 cm³/mol. The highest BCUT2D eigenvalue weighted by molar-refractivity contribution is 5.74. The summed E-state index contributed by atoms with van der Waals surface area (Å²) in [6.07, 6.45) is 6.59. The van der Waals surface area contributed by atoms with Gasteiger partial charge in [-0.1, -0.05) is 19.4 Å². The van der Waals surface area contributed by atoms with Crippen LogP contribution < -0.4 is 5.73 Å². The topological polar surface area (TPSA) is 75.3 Å². The lowest BCUT2D eigenvalue weighted by Crippen LogP contribution is -2.24. The van der Waals surface area contributed by atoms with Crippen molar-refractivity contribution < 1.29 is 5.11 Å². The molecule has 5 nitrogen and oxygen atoms in total. The van der Waals surface area contributed by atoms with E-state index in [1.54, 1.807) is 0 Å². The number of aromatic nitrogens is 2. The SMILES string of the molecule is CCC[C@H]1CN(CC2=CCc3c(N)ncnc32)CC1O. The Morgan fingerprint density at radius 2 is 2.25 bits per heavy atom. The summed E-state index contributed by atoms with van der Waals surface area (Å²) in [5, 5.41) is 10.1. The van der Waals surface area contributed by atoms with Crippen molar-refractivity contribution in [1.82, 2.24) is 14.9 Å². The van der Waals surface area contributed by atoms with Gasteiger partial charge >= 0.3 is 0 Å². The van der Waals surface area contributed by atoms with Gasteiger partial charge in [-0.25, -0.2) is 9.97 Å². The van der Waals surface area contributed by atoms with Gasteiger partial charge < -0.3 is 10.8 Å². The summed E-state index contributed by atoms with van der Waals surface area (Å²) in [6, 6.07) is 0. The summed E-state index contributed by atoms with van der Waals surface area (Å²) in [7, 11) is 0. The maximum absolute atomic E-state index is 10.1. The molecule has 2 atom stereocenters. The van der Waals surface area contributed by atoms with Crippen LogP contribution in [-0.4, -0.2) is 45.7 Å². The number of fused-ring (bicyclic) bond motifs is 1. The fraction of sp³-hybridized carbons (Fsp3) is 0.600. The van der Waals surface area contributed by atoms with Gasteiger partial charge in [0.25, 0.3) is 0 Å². The second kappa shape index (κ2) is 5.50. The number of allylic oxidation sites excluding steroid dienone is 1. The van der Waals surface area contributed by atoms with E-state index >= 15 is 0 Å². The number of hydrogen-bond acceptors (Lipinski definition) is 5. The van der Waals surface area contributed by atoms with E-state index in [-0.39, 0.29) is 6.10 Å². The minimum atomic E-state index is -0.188. The number of rotatable bonds is 4. The van der Waals surface area contributed by atoms with Crippen molar-refractivity contribution in [2.45, 2.75) is 32.3 Å². The molecule has 1 aliphatic heterocycles. The Morgan fingerprint density at radius 1 is 1.40 bits per heavy atom. The molecule has 2 heterocycles. The first kappa shape index (κ1) is 13.5. The summed E-state index contributed by atoms with van der Waals surface area (Å²) in [5.74, 6) is 1.00. The van der Waals surface area contributed by atoms with Crippen molar-refractivity contribution in [3.63, 3.8) is 0 Å². The van der Waals surface area contributed by atoms with Gasteiger partial charge in [0, 0.05) is 25.2 Å². The highest BCUT2D eigenvalue weighted by atomic mass is 16.3. The van der Waals surface area contributed by atoms with E-state index < -0.39 is 0 Å². The molecule has 0 radical (unpaired) electrons. The number of anilines is 1. The molecule has 0 saturated carbocycles. The smallest absolute Gasteiger partial charge is 0.130 e. The summed E-state index contributed by atoms with van der Waals surface area (Å²) in [4.78, 5) is 10.7. The monoisotopic (exact) mass is 274 g/mol. The maximum atomic E-state index is 10.1. The first-order valence-corrected chi connectivity index (χ1v) is 7.38.